The summed E-state index contributed by atoms with van der Waals surface area (Å²) in [5.41, 5.74) is -0.712. The molecule has 0 heterocycles. The maximum Gasteiger partial charge on any atom is 0.417 e. The van der Waals surface area contributed by atoms with Gasteiger partial charge < -0.3 is 10.1 Å². The molecule has 0 bridgehead atoms. The van der Waals surface area contributed by atoms with Gasteiger partial charge in [-0.3, -0.25) is 4.79 Å². The first-order valence-corrected chi connectivity index (χ1v) is 10.4. The molecule has 0 spiro atoms. The number of halogens is 6. The average Bonchev–Trinajstić information content (AvgIpc) is 2.66. The number of carbonyl (C=O) groups is 1. The van der Waals surface area contributed by atoms with Crippen LogP contribution in [-0.2, 0) is 27.5 Å². The Morgan fingerprint density at radius 3 is 2.32 bits per heavy atom. The van der Waals surface area contributed by atoms with E-state index in [1.807, 2.05) is 4.72 Å². The maximum absolute atomic E-state index is 12.9. The lowest BCUT2D eigenvalue weighted by atomic mass is 10.2. The Balaban J connectivity index is 1.86. The second-order valence-electron chi connectivity index (χ2n) is 6.09. The molecule has 0 aliphatic heterocycles. The van der Waals surface area contributed by atoms with E-state index in [9.17, 15) is 35.2 Å². The third kappa shape index (κ3) is 7.64. The molecule has 0 saturated heterocycles. The molecule has 6 nitrogen and oxygen atoms in total. The summed E-state index contributed by atoms with van der Waals surface area (Å²) >= 11 is 5.46. The highest BCUT2D eigenvalue weighted by Crippen LogP contribution is 2.35. The van der Waals surface area contributed by atoms with Crippen molar-refractivity contribution >= 4 is 27.5 Å². The number of carbonyl (C=O) groups excluding carboxylic acids is 1. The van der Waals surface area contributed by atoms with Crippen molar-refractivity contribution in [1.29, 1.82) is 0 Å². The van der Waals surface area contributed by atoms with Gasteiger partial charge in [0.05, 0.1) is 15.5 Å². The van der Waals surface area contributed by atoms with Gasteiger partial charge in [0.1, 0.15) is 5.75 Å². The van der Waals surface area contributed by atoms with Crippen LogP contribution in [0.15, 0.2) is 47.4 Å². The van der Waals surface area contributed by atoms with Gasteiger partial charge in [-0.15, -0.1) is 0 Å². The Labute approximate surface area is 179 Å². The summed E-state index contributed by atoms with van der Waals surface area (Å²) in [6.07, 6.45) is -5.11. The van der Waals surface area contributed by atoms with Gasteiger partial charge in [-0.05, 0) is 35.9 Å². The Kier molecular flexibility index (Phi) is 8.21. The minimum atomic E-state index is -4.83. The van der Waals surface area contributed by atoms with Crippen LogP contribution in [0.3, 0.4) is 0 Å². The van der Waals surface area contributed by atoms with E-state index in [0.29, 0.717) is 11.6 Å². The number of amides is 1. The van der Waals surface area contributed by atoms with Crippen LogP contribution in [-0.4, -0.2) is 27.5 Å². The van der Waals surface area contributed by atoms with E-state index < -0.39 is 44.2 Å². The summed E-state index contributed by atoms with van der Waals surface area (Å²) in [7, 11) is -4.30. The number of rotatable bonds is 9. The molecule has 31 heavy (non-hydrogen) atoms. The lowest BCUT2D eigenvalue weighted by Gasteiger charge is -2.12. The molecule has 0 aromatic heterocycles. The first kappa shape index (κ1) is 24.8. The van der Waals surface area contributed by atoms with Crippen LogP contribution >= 0.6 is 11.6 Å². The van der Waals surface area contributed by atoms with E-state index >= 15 is 0 Å². The lowest BCUT2D eigenvalue weighted by Crippen LogP contribution is -2.30. The molecular formula is C18H16ClF5N2O4S. The van der Waals surface area contributed by atoms with Crippen LogP contribution in [0.2, 0.25) is 5.02 Å². The van der Waals surface area contributed by atoms with Crippen molar-refractivity contribution in [2.24, 2.45) is 0 Å². The summed E-state index contributed by atoms with van der Waals surface area (Å²) in [6.45, 7) is -3.27. The Bertz CT molecular complexity index is 1010. The topological polar surface area (TPSA) is 84.5 Å². The molecule has 0 fully saturated rings. The standard InChI is InChI=1S/C18H16ClF5N2O4S/c19-15-6-5-13(9-14(15)18(22,23)24)31(28,29)26-8-7-16(27)25-10-11-1-3-12(4-2-11)30-17(20)21/h1-6,9,17,26H,7-8,10H2,(H,25,27). The van der Waals surface area contributed by atoms with E-state index in [1.54, 1.807) is 0 Å². The van der Waals surface area contributed by atoms with Crippen molar-refractivity contribution in [3.05, 3.63) is 58.6 Å². The highest BCUT2D eigenvalue weighted by atomic mass is 35.5. The van der Waals surface area contributed by atoms with Gasteiger partial charge in [0.15, 0.2) is 0 Å². The molecule has 2 N–H and O–H groups in total. The lowest BCUT2D eigenvalue weighted by molar-refractivity contribution is -0.137. The smallest absolute Gasteiger partial charge is 0.417 e. The Hall–Kier alpha value is -2.44. The number of nitrogens with one attached hydrogen (secondary N) is 2. The molecule has 13 heteroatoms. The van der Waals surface area contributed by atoms with Crippen molar-refractivity contribution in [1.82, 2.24) is 10.0 Å². The fourth-order valence-corrected chi connectivity index (χ4v) is 3.63. The molecule has 0 aliphatic rings. The van der Waals surface area contributed by atoms with Crippen LogP contribution in [0.4, 0.5) is 22.0 Å². The van der Waals surface area contributed by atoms with Crippen molar-refractivity contribution in [2.45, 2.75) is 30.6 Å². The van der Waals surface area contributed by atoms with Gasteiger partial charge in [-0.25, -0.2) is 13.1 Å². The van der Waals surface area contributed by atoms with Crippen molar-refractivity contribution < 1.29 is 39.9 Å². The number of sulfonamides is 1. The zero-order chi connectivity index (χ0) is 23.2. The molecule has 0 atom stereocenters. The quantitative estimate of drug-likeness (QED) is 0.526. The molecule has 0 radical (unpaired) electrons. The third-order valence-electron chi connectivity index (χ3n) is 3.84. The Morgan fingerprint density at radius 2 is 1.74 bits per heavy atom. The second kappa shape index (κ2) is 10.2. The summed E-state index contributed by atoms with van der Waals surface area (Å²) < 4.78 is 93.4. The molecular weight excluding hydrogens is 471 g/mol. The molecule has 0 saturated carbocycles. The molecule has 0 aliphatic carbocycles. The van der Waals surface area contributed by atoms with Crippen LogP contribution in [0, 0.1) is 0 Å². The predicted octanol–water partition coefficient (Wildman–Crippen LogP) is 3.95. The predicted molar refractivity (Wildman–Crippen MR) is 101 cm³/mol. The van der Waals surface area contributed by atoms with Gasteiger partial charge in [-0.2, -0.15) is 22.0 Å². The van der Waals surface area contributed by atoms with Crippen molar-refractivity contribution in [2.75, 3.05) is 6.54 Å². The molecule has 1 amide bonds. The van der Waals surface area contributed by atoms with E-state index in [0.717, 1.165) is 12.1 Å². The minimum absolute atomic E-state index is 0.0460. The molecule has 170 valence electrons. The molecule has 0 unspecified atom stereocenters. The zero-order valence-electron chi connectivity index (χ0n) is 15.5. The van der Waals surface area contributed by atoms with E-state index in [-0.39, 0.29) is 25.3 Å². The first-order valence-electron chi connectivity index (χ1n) is 8.55. The van der Waals surface area contributed by atoms with Gasteiger partial charge in [0.25, 0.3) is 0 Å². The van der Waals surface area contributed by atoms with Gasteiger partial charge >= 0.3 is 12.8 Å². The van der Waals surface area contributed by atoms with E-state index in [4.69, 9.17) is 11.6 Å². The highest BCUT2D eigenvalue weighted by Gasteiger charge is 2.34. The Morgan fingerprint density at radius 1 is 1.10 bits per heavy atom. The van der Waals surface area contributed by atoms with Crippen LogP contribution in [0.25, 0.3) is 0 Å². The van der Waals surface area contributed by atoms with Crippen molar-refractivity contribution in [3.8, 4) is 5.75 Å². The fourth-order valence-electron chi connectivity index (χ4n) is 2.35. The van der Waals surface area contributed by atoms with E-state index in [2.05, 4.69) is 10.1 Å². The van der Waals surface area contributed by atoms with Gasteiger partial charge in [-0.1, -0.05) is 23.7 Å². The van der Waals surface area contributed by atoms with Crippen molar-refractivity contribution in [3.63, 3.8) is 0 Å². The van der Waals surface area contributed by atoms with Crippen LogP contribution in [0.5, 0.6) is 5.75 Å². The summed E-state index contributed by atoms with van der Waals surface area (Å²) in [5, 5.41) is 1.85. The average molecular weight is 487 g/mol. The summed E-state index contributed by atoms with van der Waals surface area (Å²) in [6, 6.07) is 7.65. The highest BCUT2D eigenvalue weighted by molar-refractivity contribution is 7.89. The SMILES string of the molecule is O=C(CCNS(=O)(=O)c1ccc(Cl)c(C(F)(F)F)c1)NCc1ccc(OC(F)F)cc1. The van der Waals surface area contributed by atoms with Gasteiger partial charge in [0, 0.05) is 19.5 Å². The van der Waals surface area contributed by atoms with Crippen LogP contribution < -0.4 is 14.8 Å². The molecule has 2 aromatic carbocycles. The second-order valence-corrected chi connectivity index (χ2v) is 8.26. The molecule has 2 rings (SSSR count). The summed E-state index contributed by atoms with van der Waals surface area (Å²) in [5.74, 6) is -0.585. The number of hydrogen-bond acceptors (Lipinski definition) is 4. The third-order valence-corrected chi connectivity index (χ3v) is 5.62. The monoisotopic (exact) mass is 486 g/mol. The number of benzene rings is 2. The number of hydrogen-bond donors (Lipinski definition) is 2. The van der Waals surface area contributed by atoms with Crippen LogP contribution in [0.1, 0.15) is 17.5 Å². The minimum Gasteiger partial charge on any atom is -0.435 e. The number of alkyl halides is 5. The largest absolute Gasteiger partial charge is 0.435 e. The first-order chi connectivity index (χ1) is 14.4. The molecule has 2 aromatic rings. The maximum atomic E-state index is 12.9. The normalized spacial score (nSPS) is 12.1. The van der Waals surface area contributed by atoms with E-state index in [1.165, 1.54) is 24.3 Å². The number of ether oxygens (including phenoxy) is 1. The van der Waals surface area contributed by atoms with Gasteiger partial charge in [0.2, 0.25) is 15.9 Å². The fraction of sp³-hybridized carbons (Fsp3) is 0.278. The zero-order valence-corrected chi connectivity index (χ0v) is 17.1. The summed E-state index contributed by atoms with van der Waals surface area (Å²) in [4.78, 5) is 11.2.